The van der Waals surface area contributed by atoms with Crippen LogP contribution in [0.4, 0.5) is 0 Å². The number of carbonyl (C=O) groups excluding carboxylic acids is 3. The van der Waals surface area contributed by atoms with E-state index in [1.165, 1.54) is 0 Å². The molecule has 0 saturated carbocycles. The minimum Gasteiger partial charge on any atom is -0.457 e. The molecule has 0 aromatic heterocycles. The summed E-state index contributed by atoms with van der Waals surface area (Å²) in [5.41, 5.74) is -0.609. The molecule has 1 spiro atoms. The molecule has 94 valence electrons. The van der Waals surface area contributed by atoms with Gasteiger partial charge in [-0.05, 0) is 18.6 Å². The normalized spacial score (nSPS) is 32.9. The Morgan fingerprint density at radius 2 is 2.29 bits per heavy atom. The van der Waals surface area contributed by atoms with E-state index in [-0.39, 0.29) is 24.4 Å². The highest BCUT2D eigenvalue weighted by Crippen LogP contribution is 2.39. The van der Waals surface area contributed by atoms with E-state index >= 15 is 0 Å². The SMILES string of the molecule is CCCC(=O)C1C(=O)CC2(CCSC2)OC1=O. The number of ketones is 2. The van der Waals surface area contributed by atoms with Crippen molar-refractivity contribution in [1.29, 1.82) is 0 Å². The molecule has 0 aromatic rings. The predicted octanol–water partition coefficient (Wildman–Crippen LogP) is 1.36. The lowest BCUT2D eigenvalue weighted by molar-refractivity contribution is -0.175. The third-order valence-corrected chi connectivity index (χ3v) is 4.48. The lowest BCUT2D eigenvalue weighted by atomic mass is 9.84. The average Bonchev–Trinajstić information content (AvgIpc) is 2.65. The summed E-state index contributed by atoms with van der Waals surface area (Å²) >= 11 is 1.69. The van der Waals surface area contributed by atoms with Crippen molar-refractivity contribution in [3.63, 3.8) is 0 Å². The number of Topliss-reactive ketones (excluding diaryl/α,β-unsaturated/α-hetero) is 2. The summed E-state index contributed by atoms with van der Waals surface area (Å²) < 4.78 is 5.38. The van der Waals surface area contributed by atoms with Crippen LogP contribution in [0, 0.1) is 5.92 Å². The Labute approximate surface area is 104 Å². The quantitative estimate of drug-likeness (QED) is 0.563. The molecular formula is C12H16O4S. The van der Waals surface area contributed by atoms with Crippen molar-refractivity contribution in [2.45, 2.75) is 38.2 Å². The first-order chi connectivity index (χ1) is 8.08. The number of ether oxygens (including phenoxy) is 1. The zero-order valence-electron chi connectivity index (χ0n) is 9.86. The van der Waals surface area contributed by atoms with Crippen molar-refractivity contribution in [2.75, 3.05) is 11.5 Å². The Balaban J connectivity index is 2.11. The van der Waals surface area contributed by atoms with Crippen molar-refractivity contribution in [3.05, 3.63) is 0 Å². The lowest BCUT2D eigenvalue weighted by Gasteiger charge is -2.34. The van der Waals surface area contributed by atoms with Gasteiger partial charge in [0.05, 0.1) is 0 Å². The van der Waals surface area contributed by atoms with Gasteiger partial charge in [-0.3, -0.25) is 14.4 Å². The average molecular weight is 256 g/mol. The van der Waals surface area contributed by atoms with Gasteiger partial charge in [0.15, 0.2) is 17.5 Å². The standard InChI is InChI=1S/C12H16O4S/c1-2-3-8(13)10-9(14)6-12(16-11(10)15)4-5-17-7-12/h10H,2-7H2,1H3. The van der Waals surface area contributed by atoms with Crippen molar-refractivity contribution in [1.82, 2.24) is 0 Å². The molecule has 2 fully saturated rings. The first kappa shape index (κ1) is 12.6. The number of thioether (sulfide) groups is 1. The van der Waals surface area contributed by atoms with Gasteiger partial charge < -0.3 is 4.74 Å². The Bertz CT molecular complexity index is 338. The fourth-order valence-corrected chi connectivity index (χ4v) is 3.71. The van der Waals surface area contributed by atoms with Gasteiger partial charge >= 0.3 is 5.97 Å². The van der Waals surface area contributed by atoms with E-state index in [0.717, 1.165) is 12.2 Å². The molecule has 0 aliphatic carbocycles. The molecule has 4 nitrogen and oxygen atoms in total. The maximum Gasteiger partial charge on any atom is 0.324 e. The molecule has 0 radical (unpaired) electrons. The number of esters is 1. The molecular weight excluding hydrogens is 240 g/mol. The minimum atomic E-state index is -1.15. The van der Waals surface area contributed by atoms with E-state index in [9.17, 15) is 14.4 Å². The van der Waals surface area contributed by atoms with Crippen LogP contribution in [0.25, 0.3) is 0 Å². The maximum absolute atomic E-state index is 12.0. The third kappa shape index (κ3) is 2.39. The van der Waals surface area contributed by atoms with Crippen LogP contribution in [0.2, 0.25) is 0 Å². The third-order valence-electron chi connectivity index (χ3n) is 3.26. The van der Waals surface area contributed by atoms with Crippen LogP contribution in [0.3, 0.4) is 0 Å². The summed E-state index contributed by atoms with van der Waals surface area (Å²) in [6, 6.07) is 0. The van der Waals surface area contributed by atoms with Gasteiger partial charge in [0.25, 0.3) is 0 Å². The highest BCUT2D eigenvalue weighted by Gasteiger charge is 2.50. The van der Waals surface area contributed by atoms with Crippen LogP contribution in [0.15, 0.2) is 0 Å². The highest BCUT2D eigenvalue weighted by atomic mass is 32.2. The Hall–Kier alpha value is -0.840. The number of rotatable bonds is 3. The summed E-state index contributed by atoms with van der Waals surface area (Å²) in [4.78, 5) is 35.5. The van der Waals surface area contributed by atoms with E-state index < -0.39 is 17.5 Å². The lowest BCUT2D eigenvalue weighted by Crippen LogP contribution is -2.50. The monoisotopic (exact) mass is 256 g/mol. The van der Waals surface area contributed by atoms with Crippen LogP contribution < -0.4 is 0 Å². The maximum atomic E-state index is 12.0. The van der Waals surface area contributed by atoms with E-state index in [0.29, 0.717) is 12.2 Å². The second kappa shape index (κ2) is 4.80. The molecule has 0 bridgehead atoms. The van der Waals surface area contributed by atoms with Gasteiger partial charge in [0.1, 0.15) is 5.60 Å². The van der Waals surface area contributed by atoms with E-state index in [4.69, 9.17) is 4.74 Å². The largest absolute Gasteiger partial charge is 0.457 e. The zero-order chi connectivity index (χ0) is 12.5. The second-order valence-electron chi connectivity index (χ2n) is 4.70. The van der Waals surface area contributed by atoms with Crippen LogP contribution in [-0.2, 0) is 19.1 Å². The molecule has 2 atom stereocenters. The van der Waals surface area contributed by atoms with Crippen LogP contribution in [0.5, 0.6) is 0 Å². The first-order valence-electron chi connectivity index (χ1n) is 5.94. The van der Waals surface area contributed by atoms with Gasteiger partial charge in [-0.2, -0.15) is 11.8 Å². The summed E-state index contributed by atoms with van der Waals surface area (Å²) in [7, 11) is 0. The molecule has 0 N–H and O–H groups in total. The fourth-order valence-electron chi connectivity index (χ4n) is 2.37. The topological polar surface area (TPSA) is 60.4 Å². The molecule has 2 heterocycles. The predicted molar refractivity (Wildman–Crippen MR) is 63.8 cm³/mol. The smallest absolute Gasteiger partial charge is 0.324 e. The van der Waals surface area contributed by atoms with Crippen molar-refractivity contribution in [3.8, 4) is 0 Å². The van der Waals surface area contributed by atoms with Gasteiger partial charge in [-0.1, -0.05) is 6.92 Å². The summed E-state index contributed by atoms with van der Waals surface area (Å²) in [5.74, 6) is -0.716. The van der Waals surface area contributed by atoms with Crippen LogP contribution in [0.1, 0.15) is 32.6 Å². The first-order valence-corrected chi connectivity index (χ1v) is 7.09. The fraction of sp³-hybridized carbons (Fsp3) is 0.750. The molecule has 2 unspecified atom stereocenters. The van der Waals surface area contributed by atoms with Gasteiger partial charge in [0.2, 0.25) is 0 Å². The molecule has 5 heteroatoms. The molecule has 2 aliphatic rings. The number of carbonyl (C=O) groups is 3. The Morgan fingerprint density at radius 3 is 2.82 bits per heavy atom. The van der Waals surface area contributed by atoms with Crippen molar-refractivity contribution < 1.29 is 19.1 Å². The van der Waals surface area contributed by atoms with Gasteiger partial charge in [0, 0.05) is 18.6 Å². The molecule has 0 aromatic carbocycles. The second-order valence-corrected chi connectivity index (χ2v) is 5.80. The molecule has 2 saturated heterocycles. The van der Waals surface area contributed by atoms with Crippen molar-refractivity contribution in [2.24, 2.45) is 5.92 Å². The van der Waals surface area contributed by atoms with Gasteiger partial charge in [-0.15, -0.1) is 0 Å². The summed E-state index contributed by atoms with van der Waals surface area (Å²) in [6.45, 7) is 1.85. The minimum absolute atomic E-state index is 0.214. The number of hydrogen-bond acceptors (Lipinski definition) is 5. The zero-order valence-corrected chi connectivity index (χ0v) is 10.7. The van der Waals surface area contributed by atoms with E-state index in [1.54, 1.807) is 11.8 Å². The van der Waals surface area contributed by atoms with E-state index in [2.05, 4.69) is 0 Å². The Kier molecular flexibility index (Phi) is 3.56. The Morgan fingerprint density at radius 1 is 1.53 bits per heavy atom. The van der Waals surface area contributed by atoms with Crippen LogP contribution >= 0.6 is 11.8 Å². The van der Waals surface area contributed by atoms with Crippen molar-refractivity contribution >= 4 is 29.3 Å². The molecule has 2 aliphatic heterocycles. The number of hydrogen-bond donors (Lipinski definition) is 0. The molecule has 0 amide bonds. The summed E-state index contributed by atoms with van der Waals surface area (Å²) in [6.07, 6.45) is 1.86. The molecule has 17 heavy (non-hydrogen) atoms. The van der Waals surface area contributed by atoms with Gasteiger partial charge in [-0.25, -0.2) is 0 Å². The van der Waals surface area contributed by atoms with Crippen LogP contribution in [-0.4, -0.2) is 34.6 Å². The molecule has 2 rings (SSSR count). The summed E-state index contributed by atoms with van der Waals surface area (Å²) in [5, 5.41) is 0. The van der Waals surface area contributed by atoms with E-state index in [1.807, 2.05) is 6.92 Å². The highest BCUT2D eigenvalue weighted by molar-refractivity contribution is 7.99.